The fourth-order valence-electron chi connectivity index (χ4n) is 2.42. The molecule has 0 heterocycles. The van der Waals surface area contributed by atoms with Gasteiger partial charge in [0.2, 0.25) is 0 Å². The highest BCUT2D eigenvalue weighted by atomic mass is 32.1. The van der Waals surface area contributed by atoms with Crippen molar-refractivity contribution >= 4 is 23.0 Å². The van der Waals surface area contributed by atoms with E-state index in [-0.39, 0.29) is 5.82 Å². The Kier molecular flexibility index (Phi) is 4.53. The summed E-state index contributed by atoms with van der Waals surface area (Å²) in [5.41, 5.74) is 0.429. The van der Waals surface area contributed by atoms with Crippen molar-refractivity contribution in [3.63, 3.8) is 0 Å². The third-order valence-electron chi connectivity index (χ3n) is 3.55. The lowest BCUT2D eigenvalue weighted by atomic mass is 9.86. The lowest BCUT2D eigenvalue weighted by molar-refractivity contribution is 0.309. The minimum absolute atomic E-state index is 0.279. The fourth-order valence-corrected chi connectivity index (χ4v) is 2.68. The van der Waals surface area contributed by atoms with Crippen molar-refractivity contribution in [2.45, 2.75) is 38.6 Å². The second-order valence-electron chi connectivity index (χ2n) is 4.95. The molecule has 4 heteroatoms. The van der Waals surface area contributed by atoms with Crippen LogP contribution in [0.4, 0.5) is 10.1 Å². The van der Waals surface area contributed by atoms with Gasteiger partial charge in [-0.2, -0.15) is 0 Å². The van der Waals surface area contributed by atoms with Crippen LogP contribution >= 0.6 is 12.2 Å². The molecule has 2 nitrogen and oxygen atoms in total. The minimum Gasteiger partial charge on any atom is -0.359 e. The van der Waals surface area contributed by atoms with Crippen LogP contribution in [0.2, 0.25) is 0 Å². The second-order valence-corrected chi connectivity index (χ2v) is 5.35. The van der Waals surface area contributed by atoms with E-state index in [0.29, 0.717) is 22.8 Å². The summed E-state index contributed by atoms with van der Waals surface area (Å²) in [5.74, 6) is 0.345. The molecular formula is C14H19FN2S. The predicted molar refractivity (Wildman–Crippen MR) is 77.2 cm³/mol. The zero-order valence-corrected chi connectivity index (χ0v) is 11.4. The number of rotatable bonds is 2. The summed E-state index contributed by atoms with van der Waals surface area (Å²) < 4.78 is 13.5. The lowest BCUT2D eigenvalue weighted by Crippen LogP contribution is -2.43. The molecule has 0 saturated heterocycles. The Morgan fingerprint density at radius 2 is 2.00 bits per heavy atom. The van der Waals surface area contributed by atoms with Crippen LogP contribution < -0.4 is 10.6 Å². The van der Waals surface area contributed by atoms with Crippen LogP contribution in [0.5, 0.6) is 0 Å². The van der Waals surface area contributed by atoms with Crippen molar-refractivity contribution in [1.29, 1.82) is 0 Å². The highest BCUT2D eigenvalue weighted by molar-refractivity contribution is 7.80. The summed E-state index contributed by atoms with van der Waals surface area (Å²) in [5, 5.41) is 6.73. The number of halogens is 1. The number of anilines is 1. The first-order chi connectivity index (χ1) is 8.66. The van der Waals surface area contributed by atoms with E-state index in [2.05, 4.69) is 17.6 Å². The van der Waals surface area contributed by atoms with E-state index in [1.165, 1.54) is 25.3 Å². The molecule has 0 bridgehead atoms. The molecule has 1 aromatic carbocycles. The minimum atomic E-state index is -0.279. The summed E-state index contributed by atoms with van der Waals surface area (Å²) in [6, 6.07) is 6.98. The summed E-state index contributed by atoms with van der Waals surface area (Å²) in [7, 11) is 0. The van der Waals surface area contributed by atoms with Crippen molar-refractivity contribution in [3.8, 4) is 0 Å². The third-order valence-corrected chi connectivity index (χ3v) is 3.77. The van der Waals surface area contributed by atoms with E-state index in [4.69, 9.17) is 12.2 Å². The maximum Gasteiger partial charge on any atom is 0.171 e. The molecule has 0 amide bonds. The molecule has 1 aliphatic rings. The number of thiocarbonyl (C=S) groups is 1. The molecule has 2 N–H and O–H groups in total. The van der Waals surface area contributed by atoms with Gasteiger partial charge in [-0.3, -0.25) is 0 Å². The topological polar surface area (TPSA) is 24.1 Å². The monoisotopic (exact) mass is 266 g/mol. The first-order valence-electron chi connectivity index (χ1n) is 6.49. The lowest BCUT2D eigenvalue weighted by Gasteiger charge is -2.30. The largest absolute Gasteiger partial charge is 0.359 e. The third kappa shape index (κ3) is 3.42. The Morgan fingerprint density at radius 1 is 1.28 bits per heavy atom. The zero-order chi connectivity index (χ0) is 13.0. The van der Waals surface area contributed by atoms with Gasteiger partial charge in [0, 0.05) is 6.04 Å². The van der Waals surface area contributed by atoms with Gasteiger partial charge >= 0.3 is 0 Å². The van der Waals surface area contributed by atoms with Crippen LogP contribution in [0.25, 0.3) is 0 Å². The van der Waals surface area contributed by atoms with E-state index in [1.807, 2.05) is 0 Å². The van der Waals surface area contributed by atoms with Gasteiger partial charge in [-0.1, -0.05) is 31.9 Å². The summed E-state index contributed by atoms with van der Waals surface area (Å²) in [6.45, 7) is 2.24. The molecule has 1 fully saturated rings. The molecule has 98 valence electrons. The molecule has 0 spiro atoms. The number of hydrogen-bond acceptors (Lipinski definition) is 1. The quantitative estimate of drug-likeness (QED) is 0.798. The number of para-hydroxylation sites is 1. The Labute approximate surface area is 113 Å². The molecule has 0 aromatic heterocycles. The first kappa shape index (κ1) is 13.3. The van der Waals surface area contributed by atoms with Crippen LogP contribution in [0, 0.1) is 11.7 Å². The molecule has 0 radical (unpaired) electrons. The molecule has 1 aromatic rings. The first-order valence-corrected chi connectivity index (χ1v) is 6.89. The molecule has 2 rings (SSSR count). The van der Waals surface area contributed by atoms with E-state index >= 15 is 0 Å². The standard InChI is InChI=1S/C14H19FN2S/c1-10-6-2-4-8-12(10)16-14(18)17-13-9-5-3-7-11(13)15/h3,5,7,9-10,12H,2,4,6,8H2,1H3,(H2,16,17,18)/t10-,12-/m1/s1. The average molecular weight is 266 g/mol. The van der Waals surface area contributed by atoms with E-state index in [0.717, 1.165) is 6.42 Å². The van der Waals surface area contributed by atoms with Gasteiger partial charge in [-0.15, -0.1) is 0 Å². The summed E-state index contributed by atoms with van der Waals surface area (Å²) >= 11 is 5.24. The number of benzene rings is 1. The molecule has 1 aliphatic carbocycles. The van der Waals surface area contributed by atoms with Crippen molar-refractivity contribution in [3.05, 3.63) is 30.1 Å². The van der Waals surface area contributed by atoms with Gasteiger partial charge in [0.25, 0.3) is 0 Å². The van der Waals surface area contributed by atoms with Crippen LogP contribution in [0.3, 0.4) is 0 Å². The van der Waals surface area contributed by atoms with Crippen LogP contribution in [-0.4, -0.2) is 11.2 Å². The predicted octanol–water partition coefficient (Wildman–Crippen LogP) is 3.69. The van der Waals surface area contributed by atoms with Crippen molar-refractivity contribution in [2.75, 3.05) is 5.32 Å². The molecule has 2 atom stereocenters. The van der Waals surface area contributed by atoms with Gasteiger partial charge in [0.15, 0.2) is 5.11 Å². The summed E-state index contributed by atoms with van der Waals surface area (Å²) in [4.78, 5) is 0. The van der Waals surface area contributed by atoms with Gasteiger partial charge in [-0.25, -0.2) is 4.39 Å². The van der Waals surface area contributed by atoms with E-state index in [9.17, 15) is 4.39 Å². The molecule has 0 aliphatic heterocycles. The Morgan fingerprint density at radius 3 is 2.72 bits per heavy atom. The normalized spacial score (nSPS) is 23.4. The Balaban J connectivity index is 1.90. The maximum absolute atomic E-state index is 13.5. The zero-order valence-electron chi connectivity index (χ0n) is 10.6. The highest BCUT2D eigenvalue weighted by Gasteiger charge is 2.21. The molecule has 0 unspecified atom stereocenters. The van der Waals surface area contributed by atoms with Crippen LogP contribution in [0.15, 0.2) is 24.3 Å². The Hall–Kier alpha value is -1.16. The van der Waals surface area contributed by atoms with Gasteiger partial charge in [-0.05, 0) is 43.1 Å². The van der Waals surface area contributed by atoms with Crippen LogP contribution in [0.1, 0.15) is 32.6 Å². The molecule has 18 heavy (non-hydrogen) atoms. The van der Waals surface area contributed by atoms with E-state index in [1.54, 1.807) is 18.2 Å². The van der Waals surface area contributed by atoms with Gasteiger partial charge < -0.3 is 10.6 Å². The highest BCUT2D eigenvalue weighted by Crippen LogP contribution is 2.23. The number of nitrogens with one attached hydrogen (secondary N) is 2. The second kappa shape index (κ2) is 6.14. The molecular weight excluding hydrogens is 247 g/mol. The average Bonchev–Trinajstić information content (AvgIpc) is 2.35. The van der Waals surface area contributed by atoms with Gasteiger partial charge in [0.1, 0.15) is 5.82 Å². The van der Waals surface area contributed by atoms with Crippen LogP contribution in [-0.2, 0) is 0 Å². The van der Waals surface area contributed by atoms with Crippen molar-refractivity contribution in [1.82, 2.24) is 5.32 Å². The Bertz CT molecular complexity index is 422. The van der Waals surface area contributed by atoms with Crippen molar-refractivity contribution < 1.29 is 4.39 Å². The molecule has 1 saturated carbocycles. The van der Waals surface area contributed by atoms with E-state index < -0.39 is 0 Å². The SMILES string of the molecule is C[C@@H]1CCCC[C@H]1NC(=S)Nc1ccccc1F. The van der Waals surface area contributed by atoms with Crippen molar-refractivity contribution in [2.24, 2.45) is 5.92 Å². The van der Waals surface area contributed by atoms with Gasteiger partial charge in [0.05, 0.1) is 5.69 Å². The smallest absolute Gasteiger partial charge is 0.171 e. The summed E-state index contributed by atoms with van der Waals surface area (Å²) in [6.07, 6.45) is 4.91. The number of hydrogen-bond donors (Lipinski definition) is 2. The fraction of sp³-hybridized carbons (Fsp3) is 0.500. The maximum atomic E-state index is 13.5.